The largest absolute Gasteiger partial charge is 0.302 e. The molecule has 0 aromatic rings. The molecule has 94 valence electrons. The molecule has 0 atom stereocenters. The molecular formula is C11H21NO3S. The summed E-state index contributed by atoms with van der Waals surface area (Å²) in [7, 11) is -1.24. The van der Waals surface area contributed by atoms with E-state index in [0.29, 0.717) is 0 Å². The van der Waals surface area contributed by atoms with Gasteiger partial charge >= 0.3 is 0 Å². The van der Waals surface area contributed by atoms with Gasteiger partial charge in [0.25, 0.3) is 10.1 Å². The molecule has 0 saturated heterocycles. The Morgan fingerprint density at radius 1 is 1.38 bits per heavy atom. The highest BCUT2D eigenvalue weighted by Crippen LogP contribution is 1.99. The monoisotopic (exact) mass is 247 g/mol. The fourth-order valence-corrected chi connectivity index (χ4v) is 1.60. The number of unbranched alkanes of at least 4 members (excludes halogenated alkanes) is 2. The summed E-state index contributed by atoms with van der Waals surface area (Å²) in [5.41, 5.74) is 2.72. The fourth-order valence-electron chi connectivity index (χ4n) is 1.18. The zero-order valence-electron chi connectivity index (χ0n) is 10.1. The van der Waals surface area contributed by atoms with Crippen molar-refractivity contribution in [1.29, 1.82) is 0 Å². The van der Waals surface area contributed by atoms with E-state index in [2.05, 4.69) is 21.4 Å². The minimum atomic E-state index is -3.27. The van der Waals surface area contributed by atoms with Crippen molar-refractivity contribution in [3.63, 3.8) is 0 Å². The number of hydrogen-bond donors (Lipinski definition) is 0. The number of hydrogen-bond acceptors (Lipinski definition) is 4. The minimum Gasteiger partial charge on any atom is -0.302 e. The topological polar surface area (TPSA) is 46.6 Å². The highest BCUT2D eigenvalue weighted by molar-refractivity contribution is 7.85. The molecule has 0 aromatic carbocycles. The van der Waals surface area contributed by atoms with E-state index in [-0.39, 0.29) is 6.61 Å². The second-order valence-corrected chi connectivity index (χ2v) is 5.40. The molecule has 4 nitrogen and oxygen atoms in total. The Labute approximate surface area is 98.7 Å². The van der Waals surface area contributed by atoms with Crippen LogP contribution in [-0.2, 0) is 14.3 Å². The van der Waals surface area contributed by atoms with Crippen molar-refractivity contribution in [2.24, 2.45) is 0 Å². The fraction of sp³-hybridized carbons (Fsp3) is 0.727. The summed E-state index contributed by atoms with van der Waals surface area (Å²) in [6.45, 7) is 5.62. The van der Waals surface area contributed by atoms with Crippen LogP contribution in [0.4, 0.5) is 0 Å². The van der Waals surface area contributed by atoms with Gasteiger partial charge < -0.3 is 4.90 Å². The molecule has 16 heavy (non-hydrogen) atoms. The molecule has 0 bridgehead atoms. The highest BCUT2D eigenvalue weighted by atomic mass is 32.2. The van der Waals surface area contributed by atoms with Crippen LogP contribution in [0.3, 0.4) is 0 Å². The third kappa shape index (κ3) is 11.5. The molecule has 0 heterocycles. The van der Waals surface area contributed by atoms with Gasteiger partial charge in [-0.2, -0.15) is 8.42 Å². The summed E-state index contributed by atoms with van der Waals surface area (Å²) >= 11 is 0. The third-order valence-electron chi connectivity index (χ3n) is 2.03. The van der Waals surface area contributed by atoms with Crippen molar-refractivity contribution >= 4 is 10.1 Å². The molecule has 0 rings (SSSR count). The quantitative estimate of drug-likeness (QED) is 0.351. The van der Waals surface area contributed by atoms with Crippen molar-refractivity contribution in [2.75, 3.05) is 33.0 Å². The molecule has 5 heteroatoms. The Kier molecular flexibility index (Phi) is 8.21. The molecule has 0 spiro atoms. The molecule has 0 N–H and O–H groups in total. The van der Waals surface area contributed by atoms with E-state index >= 15 is 0 Å². The average Bonchev–Trinajstić information content (AvgIpc) is 2.18. The van der Waals surface area contributed by atoms with E-state index in [0.717, 1.165) is 38.6 Å². The molecule has 0 aliphatic carbocycles. The lowest BCUT2D eigenvalue weighted by atomic mass is 10.2. The van der Waals surface area contributed by atoms with E-state index in [4.69, 9.17) is 0 Å². The standard InChI is InChI=1S/C11H21NO3S/c1-4-5-9-12(2)10-7-6-8-11-15-16(3,13)14/h5H,1,6-11H2,2-3H3. The summed E-state index contributed by atoms with van der Waals surface area (Å²) < 4.78 is 25.9. The van der Waals surface area contributed by atoms with Gasteiger partial charge in [0.15, 0.2) is 0 Å². The van der Waals surface area contributed by atoms with Gasteiger partial charge in [-0.1, -0.05) is 6.58 Å². The Hall–Kier alpha value is -0.610. The van der Waals surface area contributed by atoms with Crippen molar-refractivity contribution < 1.29 is 12.6 Å². The van der Waals surface area contributed by atoms with Crippen LogP contribution in [0.1, 0.15) is 19.3 Å². The predicted octanol–water partition coefficient (Wildman–Crippen LogP) is 1.41. The van der Waals surface area contributed by atoms with Crippen LogP contribution in [0.5, 0.6) is 0 Å². The summed E-state index contributed by atoms with van der Waals surface area (Å²) in [4.78, 5) is 2.16. The number of rotatable bonds is 9. The van der Waals surface area contributed by atoms with Crippen molar-refractivity contribution in [1.82, 2.24) is 4.90 Å². The van der Waals surface area contributed by atoms with Crippen LogP contribution < -0.4 is 0 Å². The lowest BCUT2D eigenvalue weighted by Crippen LogP contribution is -2.19. The highest BCUT2D eigenvalue weighted by Gasteiger charge is 2.00. The van der Waals surface area contributed by atoms with E-state index in [1.165, 1.54) is 0 Å². The SMILES string of the molecule is C=C=CCN(C)CCCCCOS(C)(=O)=O. The van der Waals surface area contributed by atoms with Gasteiger partial charge in [0.2, 0.25) is 0 Å². The molecular weight excluding hydrogens is 226 g/mol. The van der Waals surface area contributed by atoms with Gasteiger partial charge in [-0.3, -0.25) is 4.18 Å². The van der Waals surface area contributed by atoms with Crippen LogP contribution in [0, 0.1) is 0 Å². The summed E-state index contributed by atoms with van der Waals surface area (Å²) in [6, 6.07) is 0. The summed E-state index contributed by atoms with van der Waals surface area (Å²) in [5, 5.41) is 0. The smallest absolute Gasteiger partial charge is 0.264 e. The maximum absolute atomic E-state index is 10.6. The van der Waals surface area contributed by atoms with Crippen molar-refractivity contribution in [2.45, 2.75) is 19.3 Å². The van der Waals surface area contributed by atoms with E-state index in [9.17, 15) is 8.42 Å². The normalized spacial score (nSPS) is 11.4. The van der Waals surface area contributed by atoms with Gasteiger partial charge in [-0.15, -0.1) is 5.73 Å². The first-order chi connectivity index (χ1) is 7.45. The molecule has 0 aliphatic rings. The molecule has 0 aromatic heterocycles. The van der Waals surface area contributed by atoms with E-state index in [1.54, 1.807) is 0 Å². The summed E-state index contributed by atoms with van der Waals surface area (Å²) in [6.07, 6.45) is 5.74. The second-order valence-electron chi connectivity index (χ2n) is 3.76. The van der Waals surface area contributed by atoms with Crippen LogP contribution in [0.15, 0.2) is 18.4 Å². The van der Waals surface area contributed by atoms with Gasteiger partial charge in [0, 0.05) is 6.54 Å². The van der Waals surface area contributed by atoms with Crippen LogP contribution in [-0.4, -0.2) is 46.3 Å². The molecule has 0 fully saturated rings. The Morgan fingerprint density at radius 3 is 2.62 bits per heavy atom. The number of nitrogens with zero attached hydrogens (tertiary/aromatic N) is 1. The van der Waals surface area contributed by atoms with Crippen LogP contribution >= 0.6 is 0 Å². The van der Waals surface area contributed by atoms with Crippen LogP contribution in [0.2, 0.25) is 0 Å². The molecule has 0 amide bonds. The van der Waals surface area contributed by atoms with Crippen molar-refractivity contribution in [3.8, 4) is 0 Å². The Morgan fingerprint density at radius 2 is 2.06 bits per heavy atom. The lowest BCUT2D eigenvalue weighted by molar-refractivity contribution is 0.300. The predicted molar refractivity (Wildman–Crippen MR) is 65.9 cm³/mol. The maximum Gasteiger partial charge on any atom is 0.264 e. The molecule has 0 aliphatic heterocycles. The molecule has 0 radical (unpaired) electrons. The molecule has 0 saturated carbocycles. The zero-order chi connectivity index (χ0) is 12.4. The third-order valence-corrected chi connectivity index (χ3v) is 2.62. The van der Waals surface area contributed by atoms with Gasteiger partial charge in [0.1, 0.15) is 0 Å². The van der Waals surface area contributed by atoms with Crippen LogP contribution in [0.25, 0.3) is 0 Å². The number of likely N-dealkylation sites (N-methyl/N-ethyl adjacent to an activating group) is 1. The molecule has 0 unspecified atom stereocenters. The Bertz CT molecular complexity index is 318. The van der Waals surface area contributed by atoms with Gasteiger partial charge in [0.05, 0.1) is 12.9 Å². The zero-order valence-corrected chi connectivity index (χ0v) is 10.9. The minimum absolute atomic E-state index is 0.287. The van der Waals surface area contributed by atoms with E-state index < -0.39 is 10.1 Å². The first-order valence-electron chi connectivity index (χ1n) is 5.33. The second kappa shape index (κ2) is 8.53. The Balaban J connectivity index is 3.36. The van der Waals surface area contributed by atoms with Gasteiger partial charge in [-0.25, -0.2) is 0 Å². The van der Waals surface area contributed by atoms with Crippen molar-refractivity contribution in [3.05, 3.63) is 18.4 Å². The van der Waals surface area contributed by atoms with Gasteiger partial charge in [-0.05, 0) is 38.9 Å². The first kappa shape index (κ1) is 15.4. The summed E-state index contributed by atoms with van der Waals surface area (Å²) in [5.74, 6) is 0. The average molecular weight is 247 g/mol. The van der Waals surface area contributed by atoms with E-state index in [1.807, 2.05) is 13.1 Å². The lowest BCUT2D eigenvalue weighted by Gasteiger charge is -2.13. The maximum atomic E-state index is 10.6. The first-order valence-corrected chi connectivity index (χ1v) is 7.14.